The Hall–Kier alpha value is -1.68. The molecule has 0 spiro atoms. The number of benzene rings is 1. The Kier molecular flexibility index (Phi) is 3.57. The van der Waals surface area contributed by atoms with Crippen LogP contribution in [0.2, 0.25) is 0 Å². The number of nitro groups is 1. The van der Waals surface area contributed by atoms with Crippen molar-refractivity contribution in [2.75, 3.05) is 0 Å². The third-order valence-electron chi connectivity index (χ3n) is 1.73. The molecule has 0 heterocycles. The van der Waals surface area contributed by atoms with Crippen molar-refractivity contribution < 1.29 is 9.72 Å². The van der Waals surface area contributed by atoms with E-state index in [2.05, 4.69) is 0 Å². The molecular formula is C10H8ClNO3. The van der Waals surface area contributed by atoms with Crippen molar-refractivity contribution >= 4 is 29.1 Å². The summed E-state index contributed by atoms with van der Waals surface area (Å²) in [6, 6.07) is 5.78. The highest BCUT2D eigenvalue weighted by atomic mass is 35.5. The van der Waals surface area contributed by atoms with Crippen molar-refractivity contribution in [2.24, 2.45) is 0 Å². The fourth-order valence-electron chi connectivity index (χ4n) is 0.940. The van der Waals surface area contributed by atoms with Crippen LogP contribution in [-0.4, -0.2) is 10.7 Å². The minimum atomic E-state index is -0.486. The summed E-state index contributed by atoms with van der Waals surface area (Å²) in [5.74, 6) is -0.241. The van der Waals surface area contributed by atoms with Crippen LogP contribution in [0.25, 0.3) is 6.08 Å². The van der Waals surface area contributed by atoms with Gasteiger partial charge in [0.25, 0.3) is 5.69 Å². The molecule has 0 saturated carbocycles. The van der Waals surface area contributed by atoms with Gasteiger partial charge in [0.1, 0.15) is 0 Å². The predicted molar refractivity (Wildman–Crippen MR) is 57.6 cm³/mol. The number of nitrogens with zero attached hydrogens (tertiary/aromatic N) is 1. The number of carbonyl (C=O) groups excluding carboxylic acids is 1. The van der Waals surface area contributed by atoms with Gasteiger partial charge >= 0.3 is 0 Å². The van der Waals surface area contributed by atoms with E-state index in [1.165, 1.54) is 37.3 Å². The lowest BCUT2D eigenvalue weighted by Crippen LogP contribution is -1.89. The Morgan fingerprint density at radius 2 is 1.93 bits per heavy atom. The molecule has 15 heavy (non-hydrogen) atoms. The summed E-state index contributed by atoms with van der Waals surface area (Å²) < 4.78 is 0. The maximum atomic E-state index is 10.8. The molecule has 1 rings (SSSR count). The van der Waals surface area contributed by atoms with Gasteiger partial charge in [-0.1, -0.05) is 11.6 Å². The van der Waals surface area contributed by atoms with Crippen LogP contribution in [0.5, 0.6) is 0 Å². The number of non-ortho nitro benzene ring substituents is 1. The van der Waals surface area contributed by atoms with Crippen molar-refractivity contribution in [1.29, 1.82) is 0 Å². The van der Waals surface area contributed by atoms with Crippen molar-refractivity contribution in [3.8, 4) is 0 Å². The average molecular weight is 226 g/mol. The molecule has 1 aromatic carbocycles. The van der Waals surface area contributed by atoms with E-state index in [4.69, 9.17) is 11.6 Å². The Balaban J connectivity index is 2.95. The van der Waals surface area contributed by atoms with Gasteiger partial charge in [0.05, 0.1) is 9.96 Å². The van der Waals surface area contributed by atoms with Crippen LogP contribution >= 0.6 is 11.6 Å². The van der Waals surface area contributed by atoms with E-state index in [9.17, 15) is 14.9 Å². The SMILES string of the molecule is CC(=O)/C(Cl)=C/c1ccc([N+](=O)[O-])cc1. The first-order valence-corrected chi connectivity index (χ1v) is 4.51. The quantitative estimate of drug-likeness (QED) is 0.451. The second-order valence-corrected chi connectivity index (χ2v) is 3.30. The van der Waals surface area contributed by atoms with Gasteiger partial charge in [-0.2, -0.15) is 0 Å². The third-order valence-corrected chi connectivity index (χ3v) is 2.11. The number of allylic oxidation sites excluding steroid dienone is 1. The smallest absolute Gasteiger partial charge is 0.269 e. The van der Waals surface area contributed by atoms with Crippen LogP contribution in [0.1, 0.15) is 12.5 Å². The van der Waals surface area contributed by atoms with Gasteiger partial charge in [-0.15, -0.1) is 0 Å². The molecule has 0 amide bonds. The van der Waals surface area contributed by atoms with Crippen LogP contribution in [0, 0.1) is 10.1 Å². The first-order valence-electron chi connectivity index (χ1n) is 4.13. The molecule has 0 saturated heterocycles. The van der Waals surface area contributed by atoms with Gasteiger partial charge in [-0.25, -0.2) is 0 Å². The summed E-state index contributed by atoms with van der Waals surface area (Å²) in [6.45, 7) is 1.35. The van der Waals surface area contributed by atoms with Crippen molar-refractivity contribution in [1.82, 2.24) is 0 Å². The number of hydrogen-bond acceptors (Lipinski definition) is 3. The van der Waals surface area contributed by atoms with Gasteiger partial charge in [0.15, 0.2) is 5.78 Å². The predicted octanol–water partition coefficient (Wildman–Crippen LogP) is 2.76. The van der Waals surface area contributed by atoms with Crippen LogP contribution < -0.4 is 0 Å². The molecule has 0 unspecified atom stereocenters. The number of hydrogen-bond donors (Lipinski definition) is 0. The molecule has 0 fully saturated rings. The number of rotatable bonds is 3. The summed E-state index contributed by atoms with van der Waals surface area (Å²) in [5.41, 5.74) is 0.659. The molecule has 5 heteroatoms. The lowest BCUT2D eigenvalue weighted by atomic mass is 10.2. The van der Waals surface area contributed by atoms with Gasteiger partial charge < -0.3 is 0 Å². The van der Waals surface area contributed by atoms with E-state index >= 15 is 0 Å². The van der Waals surface area contributed by atoms with E-state index in [-0.39, 0.29) is 16.5 Å². The highest BCUT2D eigenvalue weighted by Gasteiger charge is 2.04. The lowest BCUT2D eigenvalue weighted by molar-refractivity contribution is -0.384. The van der Waals surface area contributed by atoms with Crippen LogP contribution in [0.4, 0.5) is 5.69 Å². The molecule has 0 bridgehead atoms. The fourth-order valence-corrected chi connectivity index (χ4v) is 1.07. The molecule has 1 aromatic rings. The minimum absolute atomic E-state index is 0.00565. The minimum Gasteiger partial charge on any atom is -0.294 e. The molecule has 0 N–H and O–H groups in total. The van der Waals surface area contributed by atoms with E-state index in [0.29, 0.717) is 5.56 Å². The second kappa shape index (κ2) is 4.70. The second-order valence-electron chi connectivity index (χ2n) is 2.90. The number of carbonyl (C=O) groups is 1. The standard InChI is InChI=1S/C10H8ClNO3/c1-7(13)10(11)6-8-2-4-9(5-3-8)12(14)15/h2-6H,1H3/b10-6-. The summed E-state index contributed by atoms with van der Waals surface area (Å²) in [7, 11) is 0. The van der Waals surface area contributed by atoms with Crippen LogP contribution in [0.15, 0.2) is 29.3 Å². The number of ketones is 1. The van der Waals surface area contributed by atoms with Crippen molar-refractivity contribution in [3.05, 3.63) is 45.0 Å². The molecule has 0 atom stereocenters. The summed E-state index contributed by atoms with van der Waals surface area (Å²) in [4.78, 5) is 20.7. The Bertz CT molecular complexity index is 423. The molecule has 0 aliphatic carbocycles. The molecule has 0 radical (unpaired) electrons. The van der Waals surface area contributed by atoms with Crippen LogP contribution in [-0.2, 0) is 4.79 Å². The Morgan fingerprint density at radius 1 is 1.40 bits per heavy atom. The number of nitro benzene ring substituents is 1. The molecular weight excluding hydrogens is 218 g/mol. The van der Waals surface area contributed by atoms with E-state index in [0.717, 1.165) is 0 Å². The lowest BCUT2D eigenvalue weighted by Gasteiger charge is -1.95. The summed E-state index contributed by atoms with van der Waals surface area (Å²) in [5, 5.41) is 10.5. The highest BCUT2D eigenvalue weighted by molar-refractivity contribution is 6.44. The van der Waals surface area contributed by atoms with Crippen LogP contribution in [0.3, 0.4) is 0 Å². The van der Waals surface area contributed by atoms with E-state index in [1.54, 1.807) is 0 Å². The van der Waals surface area contributed by atoms with Gasteiger partial charge in [-0.3, -0.25) is 14.9 Å². The van der Waals surface area contributed by atoms with Crippen molar-refractivity contribution in [2.45, 2.75) is 6.92 Å². The molecule has 4 nitrogen and oxygen atoms in total. The first-order chi connectivity index (χ1) is 7.00. The largest absolute Gasteiger partial charge is 0.294 e. The number of Topliss-reactive ketones (excluding diaryl/α,β-unsaturated/α-hetero) is 1. The summed E-state index contributed by atoms with van der Waals surface area (Å²) in [6.07, 6.45) is 1.47. The Morgan fingerprint density at radius 3 is 2.33 bits per heavy atom. The monoisotopic (exact) mass is 225 g/mol. The zero-order valence-corrected chi connectivity index (χ0v) is 8.69. The zero-order chi connectivity index (χ0) is 11.4. The van der Waals surface area contributed by atoms with E-state index in [1.807, 2.05) is 0 Å². The van der Waals surface area contributed by atoms with Gasteiger partial charge in [0, 0.05) is 19.1 Å². The van der Waals surface area contributed by atoms with Crippen molar-refractivity contribution in [3.63, 3.8) is 0 Å². The topological polar surface area (TPSA) is 60.2 Å². The molecule has 0 aliphatic heterocycles. The third kappa shape index (κ3) is 3.18. The average Bonchev–Trinajstić information content (AvgIpc) is 2.18. The maximum absolute atomic E-state index is 10.8. The van der Waals surface area contributed by atoms with Gasteiger partial charge in [-0.05, 0) is 23.8 Å². The first kappa shape index (κ1) is 11.4. The molecule has 0 aromatic heterocycles. The maximum Gasteiger partial charge on any atom is 0.269 e. The number of halogens is 1. The Labute approximate surface area is 91.3 Å². The molecule has 78 valence electrons. The molecule has 0 aliphatic rings. The zero-order valence-electron chi connectivity index (χ0n) is 7.94. The highest BCUT2D eigenvalue weighted by Crippen LogP contribution is 2.15. The van der Waals surface area contributed by atoms with Gasteiger partial charge in [0.2, 0.25) is 0 Å². The fraction of sp³-hybridized carbons (Fsp3) is 0.100. The summed E-state index contributed by atoms with van der Waals surface area (Å²) >= 11 is 5.63. The van der Waals surface area contributed by atoms with E-state index < -0.39 is 4.92 Å². The normalized spacial score (nSPS) is 11.2.